The van der Waals surface area contributed by atoms with Gasteiger partial charge in [-0.3, -0.25) is 9.59 Å². The lowest BCUT2D eigenvalue weighted by Crippen LogP contribution is -2.26. The highest BCUT2D eigenvalue weighted by molar-refractivity contribution is 8.03. The lowest BCUT2D eigenvalue weighted by molar-refractivity contribution is -0.149. The lowest BCUT2D eigenvalue weighted by atomic mass is 9.94. The SMILES string of the molecule is CCCCCC/C=C(/Sc1ccccc1C)C1CCC(=O)C1C(=O)OC. The molecule has 26 heavy (non-hydrogen) atoms. The third-order valence-electron chi connectivity index (χ3n) is 5.00. The van der Waals surface area contributed by atoms with Crippen LogP contribution in [0, 0.1) is 18.8 Å². The summed E-state index contributed by atoms with van der Waals surface area (Å²) in [5.74, 6) is -1.06. The summed E-state index contributed by atoms with van der Waals surface area (Å²) >= 11 is 1.71. The first kappa shape index (κ1) is 20.8. The largest absolute Gasteiger partial charge is 0.468 e. The van der Waals surface area contributed by atoms with Gasteiger partial charge in [0.05, 0.1) is 7.11 Å². The standard InChI is InChI=1S/C22H30O3S/c1-4-5-6-7-8-13-20(26-19-12-10-9-11-16(19)2)17-14-15-18(23)21(17)22(24)25-3/h9-13,17,21H,4-8,14-15H2,1-3H3/b20-13+. The Morgan fingerprint density at radius 1 is 1.27 bits per heavy atom. The first-order valence-corrected chi connectivity index (χ1v) is 10.4. The van der Waals surface area contributed by atoms with Gasteiger partial charge >= 0.3 is 5.97 Å². The summed E-state index contributed by atoms with van der Waals surface area (Å²) in [4.78, 5) is 26.8. The third kappa shape index (κ3) is 5.47. The number of hydrogen-bond donors (Lipinski definition) is 0. The van der Waals surface area contributed by atoms with Crippen molar-refractivity contribution in [3.05, 3.63) is 40.8 Å². The van der Waals surface area contributed by atoms with E-state index in [0.29, 0.717) is 6.42 Å². The van der Waals surface area contributed by atoms with Gasteiger partial charge in [-0.05, 0) is 42.7 Å². The molecule has 4 heteroatoms. The highest BCUT2D eigenvalue weighted by Gasteiger charge is 2.42. The van der Waals surface area contributed by atoms with E-state index in [1.54, 1.807) is 11.8 Å². The van der Waals surface area contributed by atoms with Crippen LogP contribution in [0.15, 0.2) is 40.1 Å². The molecule has 142 valence electrons. The van der Waals surface area contributed by atoms with Crippen molar-refractivity contribution in [2.75, 3.05) is 7.11 Å². The molecule has 1 aromatic carbocycles. The zero-order valence-corrected chi connectivity index (χ0v) is 16.9. The molecule has 0 N–H and O–H groups in total. The first-order chi connectivity index (χ1) is 12.6. The summed E-state index contributed by atoms with van der Waals surface area (Å²) in [6, 6.07) is 8.27. The van der Waals surface area contributed by atoms with Crippen LogP contribution in [-0.2, 0) is 14.3 Å². The number of Topliss-reactive ketones (excluding diaryl/α,β-unsaturated/α-hetero) is 1. The number of allylic oxidation sites excluding steroid dienone is 2. The fourth-order valence-corrected chi connectivity index (χ4v) is 4.69. The summed E-state index contributed by atoms with van der Waals surface area (Å²) in [6.45, 7) is 4.30. The van der Waals surface area contributed by atoms with Gasteiger partial charge in [0.15, 0.2) is 0 Å². The normalized spacial score (nSPS) is 20.4. The molecule has 3 nitrogen and oxygen atoms in total. The minimum absolute atomic E-state index is 0.0177. The van der Waals surface area contributed by atoms with Gasteiger partial charge in [0, 0.05) is 17.2 Å². The van der Waals surface area contributed by atoms with Crippen molar-refractivity contribution >= 4 is 23.5 Å². The second-order valence-corrected chi connectivity index (χ2v) is 8.05. The van der Waals surface area contributed by atoms with Crippen LogP contribution >= 0.6 is 11.8 Å². The molecule has 0 spiro atoms. The predicted molar refractivity (Wildman–Crippen MR) is 107 cm³/mol. The van der Waals surface area contributed by atoms with Crippen LogP contribution in [0.3, 0.4) is 0 Å². The van der Waals surface area contributed by atoms with Gasteiger partial charge in [0.2, 0.25) is 0 Å². The molecule has 2 atom stereocenters. The first-order valence-electron chi connectivity index (χ1n) is 9.62. The number of ether oxygens (including phenoxy) is 1. The monoisotopic (exact) mass is 374 g/mol. The number of ketones is 1. The van der Waals surface area contributed by atoms with E-state index in [9.17, 15) is 9.59 Å². The van der Waals surface area contributed by atoms with E-state index in [4.69, 9.17) is 4.74 Å². The Balaban J connectivity index is 2.21. The van der Waals surface area contributed by atoms with Crippen molar-refractivity contribution in [3.8, 4) is 0 Å². The van der Waals surface area contributed by atoms with Crippen molar-refractivity contribution < 1.29 is 14.3 Å². The lowest BCUT2D eigenvalue weighted by Gasteiger charge is -2.20. The molecular formula is C22H30O3S. The second-order valence-electron chi connectivity index (χ2n) is 6.94. The van der Waals surface area contributed by atoms with E-state index in [2.05, 4.69) is 32.1 Å². The Hall–Kier alpha value is -1.55. The van der Waals surface area contributed by atoms with Crippen molar-refractivity contribution in [2.45, 2.75) is 63.7 Å². The van der Waals surface area contributed by atoms with Crippen LogP contribution in [0.5, 0.6) is 0 Å². The molecule has 1 aliphatic carbocycles. The summed E-state index contributed by atoms with van der Waals surface area (Å²) in [7, 11) is 1.37. The molecule has 0 aromatic heterocycles. The summed E-state index contributed by atoms with van der Waals surface area (Å²) < 4.78 is 4.92. The van der Waals surface area contributed by atoms with Crippen LogP contribution in [-0.4, -0.2) is 18.9 Å². The highest BCUT2D eigenvalue weighted by Crippen LogP contribution is 2.43. The zero-order chi connectivity index (χ0) is 18.9. The molecule has 2 rings (SSSR count). The van der Waals surface area contributed by atoms with Gasteiger partial charge in [0.25, 0.3) is 0 Å². The van der Waals surface area contributed by atoms with Gasteiger partial charge in [0.1, 0.15) is 11.7 Å². The number of rotatable bonds is 9. The van der Waals surface area contributed by atoms with Crippen molar-refractivity contribution in [1.29, 1.82) is 0 Å². The molecule has 0 saturated heterocycles. The number of carbonyl (C=O) groups is 2. The van der Waals surface area contributed by atoms with Crippen LogP contribution in [0.25, 0.3) is 0 Å². The number of hydrogen-bond acceptors (Lipinski definition) is 4. The number of carbonyl (C=O) groups excluding carboxylic acids is 2. The molecule has 0 bridgehead atoms. The number of benzene rings is 1. The van der Waals surface area contributed by atoms with E-state index >= 15 is 0 Å². The highest BCUT2D eigenvalue weighted by atomic mass is 32.2. The minimum Gasteiger partial charge on any atom is -0.468 e. The maximum atomic E-state index is 12.3. The van der Waals surface area contributed by atoms with E-state index in [-0.39, 0.29) is 17.7 Å². The third-order valence-corrected chi connectivity index (χ3v) is 6.38. The molecule has 1 aromatic rings. The van der Waals surface area contributed by atoms with Gasteiger partial charge in [-0.25, -0.2) is 0 Å². The zero-order valence-electron chi connectivity index (χ0n) is 16.1. The van der Waals surface area contributed by atoms with E-state index in [1.807, 2.05) is 12.1 Å². The van der Waals surface area contributed by atoms with Crippen molar-refractivity contribution in [1.82, 2.24) is 0 Å². The Bertz CT molecular complexity index is 651. The van der Waals surface area contributed by atoms with Crippen LogP contribution in [0.4, 0.5) is 0 Å². The van der Waals surface area contributed by atoms with Gasteiger partial charge in [-0.15, -0.1) is 0 Å². The molecule has 0 radical (unpaired) electrons. The number of esters is 1. The van der Waals surface area contributed by atoms with Gasteiger partial charge < -0.3 is 4.74 Å². The molecular weight excluding hydrogens is 344 g/mol. The molecule has 0 aliphatic heterocycles. The van der Waals surface area contributed by atoms with E-state index in [0.717, 1.165) is 24.2 Å². The molecule has 1 fully saturated rings. The van der Waals surface area contributed by atoms with Gasteiger partial charge in [-0.1, -0.05) is 62.2 Å². The summed E-state index contributed by atoms with van der Waals surface area (Å²) in [6.07, 6.45) is 9.29. The molecule has 1 saturated carbocycles. The van der Waals surface area contributed by atoms with Crippen LogP contribution < -0.4 is 0 Å². The van der Waals surface area contributed by atoms with Crippen LogP contribution in [0.1, 0.15) is 57.4 Å². The smallest absolute Gasteiger partial charge is 0.316 e. The Morgan fingerprint density at radius 3 is 2.73 bits per heavy atom. The van der Waals surface area contributed by atoms with Crippen LogP contribution in [0.2, 0.25) is 0 Å². The summed E-state index contributed by atoms with van der Waals surface area (Å²) in [5, 5.41) is 0. The second kappa shape index (κ2) is 10.6. The Kier molecular flexibility index (Phi) is 8.43. The number of aryl methyl sites for hydroxylation is 1. The maximum absolute atomic E-state index is 12.3. The molecule has 0 amide bonds. The fraction of sp³-hybridized carbons (Fsp3) is 0.545. The van der Waals surface area contributed by atoms with E-state index < -0.39 is 5.92 Å². The van der Waals surface area contributed by atoms with E-state index in [1.165, 1.54) is 36.8 Å². The Labute approximate surface area is 161 Å². The fourth-order valence-electron chi connectivity index (χ4n) is 3.46. The molecule has 2 unspecified atom stereocenters. The topological polar surface area (TPSA) is 43.4 Å². The average Bonchev–Trinajstić information content (AvgIpc) is 3.03. The maximum Gasteiger partial charge on any atom is 0.316 e. The average molecular weight is 375 g/mol. The van der Waals surface area contributed by atoms with Crippen molar-refractivity contribution in [3.63, 3.8) is 0 Å². The quantitative estimate of drug-likeness (QED) is 0.240. The van der Waals surface area contributed by atoms with Crippen molar-refractivity contribution in [2.24, 2.45) is 11.8 Å². The number of thioether (sulfide) groups is 1. The molecule has 1 aliphatic rings. The predicted octanol–water partition coefficient (Wildman–Crippen LogP) is 5.71. The molecule has 0 heterocycles. The number of unbranched alkanes of at least 4 members (excludes halogenated alkanes) is 4. The number of methoxy groups -OCH3 is 1. The Morgan fingerprint density at radius 2 is 2.04 bits per heavy atom. The van der Waals surface area contributed by atoms with Gasteiger partial charge in [-0.2, -0.15) is 0 Å². The summed E-state index contributed by atoms with van der Waals surface area (Å²) in [5.41, 5.74) is 1.22. The minimum atomic E-state index is -0.640.